The third kappa shape index (κ3) is 2.99. The van der Waals surface area contributed by atoms with Crippen LogP contribution in [0.3, 0.4) is 0 Å². The Hall–Kier alpha value is -2.99. The monoisotopic (exact) mass is 388 g/mol. The van der Waals surface area contributed by atoms with Crippen molar-refractivity contribution in [3.8, 4) is 11.3 Å². The fraction of sp³-hybridized carbons (Fsp3) is 0.227. The van der Waals surface area contributed by atoms with E-state index in [-0.39, 0.29) is 11.9 Å². The zero-order chi connectivity index (χ0) is 18.9. The fourth-order valence-corrected chi connectivity index (χ4v) is 4.77. The average Bonchev–Trinajstić information content (AvgIpc) is 3.36. The first-order chi connectivity index (χ1) is 13.8. The van der Waals surface area contributed by atoms with Crippen LogP contribution in [0, 0.1) is 0 Å². The molecule has 0 N–H and O–H groups in total. The van der Waals surface area contributed by atoms with Crippen molar-refractivity contribution in [1.82, 2.24) is 19.3 Å². The first kappa shape index (κ1) is 17.1. The highest BCUT2D eigenvalue weighted by Gasteiger charge is 2.30. The van der Waals surface area contributed by atoms with E-state index in [9.17, 15) is 4.79 Å². The molecule has 6 heteroatoms. The maximum atomic E-state index is 13.5. The minimum Gasteiger partial charge on any atom is -0.330 e. The summed E-state index contributed by atoms with van der Waals surface area (Å²) in [5.41, 5.74) is 3.75. The molecule has 1 aliphatic heterocycles. The van der Waals surface area contributed by atoms with Gasteiger partial charge in [0.05, 0.1) is 11.7 Å². The molecule has 4 heterocycles. The smallest absolute Gasteiger partial charge is 0.272 e. The number of nitrogens with zero attached hydrogens (tertiary/aromatic N) is 4. The van der Waals surface area contributed by atoms with Crippen LogP contribution < -0.4 is 0 Å². The van der Waals surface area contributed by atoms with Crippen molar-refractivity contribution in [2.45, 2.75) is 25.3 Å². The van der Waals surface area contributed by atoms with E-state index in [4.69, 9.17) is 4.98 Å². The molecule has 5 nitrogen and oxygen atoms in total. The van der Waals surface area contributed by atoms with Crippen LogP contribution in [0.1, 0.15) is 41.4 Å². The van der Waals surface area contributed by atoms with Gasteiger partial charge in [0.2, 0.25) is 0 Å². The lowest BCUT2D eigenvalue weighted by molar-refractivity contribution is 0.0604. The van der Waals surface area contributed by atoms with Crippen molar-refractivity contribution in [3.05, 3.63) is 77.7 Å². The third-order valence-electron chi connectivity index (χ3n) is 5.33. The number of amides is 1. The number of piperidine rings is 1. The van der Waals surface area contributed by atoms with Gasteiger partial charge in [-0.3, -0.25) is 14.2 Å². The molecule has 1 atom stereocenters. The molecule has 0 aliphatic carbocycles. The van der Waals surface area contributed by atoms with E-state index in [1.165, 1.54) is 11.3 Å². The summed E-state index contributed by atoms with van der Waals surface area (Å²) in [6.45, 7) is 0.774. The lowest BCUT2D eigenvalue weighted by Gasteiger charge is -2.35. The first-order valence-corrected chi connectivity index (χ1v) is 10.4. The minimum absolute atomic E-state index is 0.0665. The highest BCUT2D eigenvalue weighted by molar-refractivity contribution is 7.15. The number of thiazole rings is 1. The van der Waals surface area contributed by atoms with Crippen LogP contribution in [0.2, 0.25) is 0 Å². The van der Waals surface area contributed by atoms with Gasteiger partial charge in [-0.15, -0.1) is 11.3 Å². The summed E-state index contributed by atoms with van der Waals surface area (Å²) < 4.78 is 1.93. The van der Waals surface area contributed by atoms with E-state index in [1.54, 1.807) is 6.20 Å². The Kier molecular flexibility index (Phi) is 4.41. The maximum Gasteiger partial charge on any atom is 0.272 e. The summed E-state index contributed by atoms with van der Waals surface area (Å²) >= 11 is 1.51. The summed E-state index contributed by atoms with van der Waals surface area (Å²) in [6.07, 6.45) is 8.77. The van der Waals surface area contributed by atoms with Gasteiger partial charge in [0.25, 0.3) is 5.91 Å². The number of carbonyl (C=O) groups excluding carboxylic acids is 1. The highest BCUT2D eigenvalue weighted by atomic mass is 32.1. The molecule has 140 valence electrons. The van der Waals surface area contributed by atoms with E-state index in [0.717, 1.165) is 47.6 Å². The molecule has 0 radical (unpaired) electrons. The number of pyridine rings is 1. The predicted molar refractivity (Wildman–Crippen MR) is 110 cm³/mol. The number of imidazole rings is 1. The van der Waals surface area contributed by atoms with Crippen LogP contribution in [-0.2, 0) is 0 Å². The molecule has 5 rings (SSSR count). The van der Waals surface area contributed by atoms with Gasteiger partial charge in [-0.2, -0.15) is 0 Å². The Morgan fingerprint density at radius 2 is 2.00 bits per heavy atom. The van der Waals surface area contributed by atoms with Gasteiger partial charge < -0.3 is 4.90 Å². The van der Waals surface area contributed by atoms with Gasteiger partial charge >= 0.3 is 0 Å². The summed E-state index contributed by atoms with van der Waals surface area (Å²) in [6, 6.07) is 14.2. The topological polar surface area (TPSA) is 50.5 Å². The van der Waals surface area contributed by atoms with Crippen molar-refractivity contribution < 1.29 is 4.79 Å². The molecule has 28 heavy (non-hydrogen) atoms. The van der Waals surface area contributed by atoms with Crippen LogP contribution in [0.25, 0.3) is 16.2 Å². The molecule has 1 aliphatic rings. The van der Waals surface area contributed by atoms with Crippen molar-refractivity contribution in [2.24, 2.45) is 0 Å². The Balaban J connectivity index is 1.50. The summed E-state index contributed by atoms with van der Waals surface area (Å²) in [5.74, 6) is 0.0665. The van der Waals surface area contributed by atoms with E-state index >= 15 is 0 Å². The Morgan fingerprint density at radius 1 is 1.11 bits per heavy atom. The average molecular weight is 388 g/mol. The lowest BCUT2D eigenvalue weighted by atomic mass is 9.96. The van der Waals surface area contributed by atoms with Crippen LogP contribution in [0.4, 0.5) is 0 Å². The Labute approximate surface area is 167 Å². The molecule has 0 saturated carbocycles. The third-order valence-corrected chi connectivity index (χ3v) is 6.17. The molecular weight excluding hydrogens is 368 g/mol. The van der Waals surface area contributed by atoms with E-state index < -0.39 is 0 Å². The minimum atomic E-state index is 0.0665. The summed E-state index contributed by atoms with van der Waals surface area (Å²) in [7, 11) is 0. The number of rotatable bonds is 3. The first-order valence-electron chi connectivity index (χ1n) is 9.54. The molecule has 0 bridgehead atoms. The SMILES string of the molecule is O=C(c1csc2nc(-c3ccccc3)cn12)N1CCCCC1c1cccnc1. The molecular formula is C22H20N4OS. The predicted octanol–water partition coefficient (Wildman–Crippen LogP) is 4.83. The molecule has 1 unspecified atom stereocenters. The van der Waals surface area contributed by atoms with Gasteiger partial charge in [0, 0.05) is 36.1 Å². The molecule has 1 fully saturated rings. The van der Waals surface area contributed by atoms with Crippen LogP contribution in [0.5, 0.6) is 0 Å². The van der Waals surface area contributed by atoms with Gasteiger partial charge in [-0.25, -0.2) is 4.98 Å². The van der Waals surface area contributed by atoms with E-state index in [2.05, 4.69) is 11.1 Å². The summed E-state index contributed by atoms with van der Waals surface area (Å²) in [5, 5.41) is 1.92. The van der Waals surface area contributed by atoms with Gasteiger partial charge in [0.1, 0.15) is 5.69 Å². The van der Waals surface area contributed by atoms with Crippen LogP contribution in [0.15, 0.2) is 66.4 Å². The largest absolute Gasteiger partial charge is 0.330 e. The molecule has 1 amide bonds. The van der Waals surface area contributed by atoms with E-state index in [1.807, 2.05) is 63.5 Å². The quantitative estimate of drug-likeness (QED) is 0.505. The number of hydrogen-bond donors (Lipinski definition) is 0. The van der Waals surface area contributed by atoms with Gasteiger partial charge in [0.15, 0.2) is 4.96 Å². The Bertz CT molecular complexity index is 1100. The second kappa shape index (κ2) is 7.20. The molecule has 3 aromatic heterocycles. The number of hydrogen-bond acceptors (Lipinski definition) is 4. The molecule has 1 aromatic carbocycles. The van der Waals surface area contributed by atoms with Crippen LogP contribution in [-0.4, -0.2) is 31.7 Å². The number of aromatic nitrogens is 3. The fourth-order valence-electron chi connectivity index (χ4n) is 3.93. The zero-order valence-corrected chi connectivity index (χ0v) is 16.2. The van der Waals surface area contributed by atoms with Crippen molar-refractivity contribution in [3.63, 3.8) is 0 Å². The highest BCUT2D eigenvalue weighted by Crippen LogP contribution is 2.33. The van der Waals surface area contributed by atoms with Gasteiger partial charge in [-0.05, 0) is 30.9 Å². The standard InChI is InChI=1S/C22H20N4OS/c27-21(25-12-5-4-10-19(25)17-9-6-11-23-13-17)20-15-28-22-24-18(14-26(20)22)16-7-2-1-3-8-16/h1-3,6-9,11,13-15,19H,4-5,10,12H2. The van der Waals surface area contributed by atoms with Crippen molar-refractivity contribution >= 4 is 22.2 Å². The number of fused-ring (bicyclic) bond motifs is 1. The maximum absolute atomic E-state index is 13.5. The number of likely N-dealkylation sites (tertiary alicyclic amines) is 1. The second-order valence-electron chi connectivity index (χ2n) is 7.06. The van der Waals surface area contributed by atoms with Crippen molar-refractivity contribution in [2.75, 3.05) is 6.54 Å². The molecule has 0 spiro atoms. The van der Waals surface area contributed by atoms with E-state index in [0.29, 0.717) is 5.69 Å². The molecule has 4 aromatic rings. The van der Waals surface area contributed by atoms with Crippen molar-refractivity contribution in [1.29, 1.82) is 0 Å². The van der Waals surface area contributed by atoms with Crippen LogP contribution >= 0.6 is 11.3 Å². The number of benzene rings is 1. The Morgan fingerprint density at radius 3 is 2.82 bits per heavy atom. The summed E-state index contributed by atoms with van der Waals surface area (Å²) in [4.78, 5) is 25.3. The second-order valence-corrected chi connectivity index (χ2v) is 7.90. The van der Waals surface area contributed by atoms with Gasteiger partial charge in [-0.1, -0.05) is 36.4 Å². The normalized spacial score (nSPS) is 17.1. The number of carbonyl (C=O) groups is 1. The molecule has 1 saturated heterocycles. The lowest BCUT2D eigenvalue weighted by Crippen LogP contribution is -2.39. The zero-order valence-electron chi connectivity index (χ0n) is 15.4.